The van der Waals surface area contributed by atoms with Crippen molar-refractivity contribution in [3.05, 3.63) is 6.33 Å². The zero-order chi connectivity index (χ0) is 18.6. The number of fused-ring (bicyclic) bond motifs is 1. The van der Waals surface area contributed by atoms with Crippen LogP contribution in [0.25, 0.3) is 11.2 Å². The van der Waals surface area contributed by atoms with Gasteiger partial charge in [0, 0.05) is 33.2 Å². The summed E-state index contributed by atoms with van der Waals surface area (Å²) >= 11 is 0. The first-order chi connectivity index (χ1) is 13.3. The number of aliphatic hydroxyl groups excluding tert-OH is 1. The van der Waals surface area contributed by atoms with Crippen LogP contribution in [0.1, 0.15) is 19.1 Å². The smallest absolute Gasteiger partial charge is 0.207 e. The lowest BCUT2D eigenvalue weighted by atomic mass is 10.2. The molecule has 3 N–H and O–H groups in total. The third kappa shape index (κ3) is 3.84. The molecule has 0 amide bonds. The molecule has 2 unspecified atom stereocenters. The molecule has 0 aromatic carbocycles. The van der Waals surface area contributed by atoms with Gasteiger partial charge in [0.1, 0.15) is 12.6 Å². The standard InChI is InChI=1S/C17H27N7O3/c1-18-15-14-16(21-11-20-15)24(13-3-2-12(10-25)27-13)17(22-14)19-4-5-23-6-8-26-9-7-23/h11-13,25H,2-10H2,1H3,(H,19,22)(H,18,20,21). The number of nitrogens with one attached hydrogen (secondary N) is 2. The Morgan fingerprint density at radius 3 is 2.85 bits per heavy atom. The van der Waals surface area contributed by atoms with E-state index < -0.39 is 0 Å². The van der Waals surface area contributed by atoms with Crippen molar-refractivity contribution >= 4 is 22.9 Å². The van der Waals surface area contributed by atoms with E-state index in [9.17, 15) is 5.11 Å². The van der Waals surface area contributed by atoms with E-state index in [1.807, 2.05) is 11.6 Å². The maximum Gasteiger partial charge on any atom is 0.207 e. The Morgan fingerprint density at radius 2 is 2.11 bits per heavy atom. The van der Waals surface area contributed by atoms with Gasteiger partial charge >= 0.3 is 0 Å². The van der Waals surface area contributed by atoms with Crippen molar-refractivity contribution in [2.24, 2.45) is 0 Å². The maximum atomic E-state index is 9.41. The third-order valence-electron chi connectivity index (χ3n) is 5.11. The Bertz CT molecular complexity index is 762. The predicted octanol–water partition coefficient (Wildman–Crippen LogP) is 0.282. The molecule has 2 fully saturated rings. The highest BCUT2D eigenvalue weighted by molar-refractivity contribution is 5.85. The number of aromatic nitrogens is 4. The largest absolute Gasteiger partial charge is 0.394 e. The predicted molar refractivity (Wildman–Crippen MR) is 101 cm³/mol. The molecule has 27 heavy (non-hydrogen) atoms. The zero-order valence-corrected chi connectivity index (χ0v) is 15.6. The van der Waals surface area contributed by atoms with Crippen LogP contribution in [0.3, 0.4) is 0 Å². The molecule has 2 aliphatic rings. The minimum atomic E-state index is -0.197. The van der Waals surface area contributed by atoms with Crippen molar-refractivity contribution in [2.45, 2.75) is 25.2 Å². The quantitative estimate of drug-likeness (QED) is 0.627. The molecule has 10 nitrogen and oxygen atoms in total. The van der Waals surface area contributed by atoms with Gasteiger partial charge < -0.3 is 25.2 Å². The van der Waals surface area contributed by atoms with Gasteiger partial charge in [0.05, 0.1) is 25.9 Å². The Morgan fingerprint density at radius 1 is 1.26 bits per heavy atom. The lowest BCUT2D eigenvalue weighted by molar-refractivity contribution is -0.0197. The molecule has 2 atom stereocenters. The second-order valence-electron chi connectivity index (χ2n) is 6.80. The molecule has 2 aliphatic heterocycles. The summed E-state index contributed by atoms with van der Waals surface area (Å²) in [6.45, 7) is 5.20. The molecule has 10 heteroatoms. The van der Waals surface area contributed by atoms with E-state index in [4.69, 9.17) is 14.5 Å². The molecule has 0 spiro atoms. The Labute approximate surface area is 157 Å². The molecule has 148 valence electrons. The summed E-state index contributed by atoms with van der Waals surface area (Å²) in [5.74, 6) is 1.41. The van der Waals surface area contributed by atoms with Crippen LogP contribution < -0.4 is 10.6 Å². The number of hydrogen-bond donors (Lipinski definition) is 3. The highest BCUT2D eigenvalue weighted by Gasteiger charge is 2.30. The van der Waals surface area contributed by atoms with Gasteiger partial charge in [-0.15, -0.1) is 0 Å². The minimum absolute atomic E-state index is 0.0275. The summed E-state index contributed by atoms with van der Waals surface area (Å²) < 4.78 is 13.4. The summed E-state index contributed by atoms with van der Waals surface area (Å²) in [7, 11) is 1.82. The molecule has 4 rings (SSSR count). The van der Waals surface area contributed by atoms with Gasteiger partial charge in [-0.05, 0) is 12.8 Å². The molecule has 0 aliphatic carbocycles. The highest BCUT2D eigenvalue weighted by Crippen LogP contribution is 2.34. The van der Waals surface area contributed by atoms with Gasteiger partial charge in [-0.2, -0.15) is 0 Å². The van der Waals surface area contributed by atoms with Crippen LogP contribution in [-0.2, 0) is 9.47 Å². The number of hydrogen-bond acceptors (Lipinski definition) is 9. The number of imidazole rings is 1. The second kappa shape index (κ2) is 8.34. The monoisotopic (exact) mass is 377 g/mol. The Kier molecular flexibility index (Phi) is 5.67. The molecule has 0 saturated carbocycles. The van der Waals surface area contributed by atoms with E-state index >= 15 is 0 Å². The first-order valence-electron chi connectivity index (χ1n) is 9.51. The van der Waals surface area contributed by atoms with E-state index in [2.05, 4.69) is 25.5 Å². The van der Waals surface area contributed by atoms with Crippen LogP contribution in [0.4, 0.5) is 11.8 Å². The van der Waals surface area contributed by atoms with Crippen molar-refractivity contribution in [1.29, 1.82) is 0 Å². The topological polar surface area (TPSA) is 110 Å². The number of nitrogens with zero attached hydrogens (tertiary/aromatic N) is 5. The minimum Gasteiger partial charge on any atom is -0.394 e. The first kappa shape index (κ1) is 18.4. The van der Waals surface area contributed by atoms with Gasteiger partial charge in [-0.3, -0.25) is 9.47 Å². The molecule has 0 bridgehead atoms. The SMILES string of the molecule is CNc1ncnc2c1nc(NCCN1CCOCC1)n2C1CCC(CO)O1. The summed E-state index contributed by atoms with van der Waals surface area (Å²) in [4.78, 5) is 15.8. The van der Waals surface area contributed by atoms with Gasteiger partial charge in [0.25, 0.3) is 0 Å². The normalized spacial score (nSPS) is 23.8. The lowest BCUT2D eigenvalue weighted by Crippen LogP contribution is -2.39. The fraction of sp³-hybridized carbons (Fsp3) is 0.706. The number of aliphatic hydroxyl groups is 1. The lowest BCUT2D eigenvalue weighted by Gasteiger charge is -2.26. The van der Waals surface area contributed by atoms with Gasteiger partial charge in [-0.25, -0.2) is 15.0 Å². The molecular formula is C17H27N7O3. The molecule has 0 radical (unpaired) electrons. The van der Waals surface area contributed by atoms with Crippen molar-refractivity contribution in [1.82, 2.24) is 24.4 Å². The number of morpholine rings is 1. The summed E-state index contributed by atoms with van der Waals surface area (Å²) in [6, 6.07) is 0. The van der Waals surface area contributed by atoms with E-state index in [1.165, 1.54) is 6.33 Å². The summed E-state index contributed by atoms with van der Waals surface area (Å²) in [6.07, 6.45) is 2.82. The maximum absolute atomic E-state index is 9.41. The van der Waals surface area contributed by atoms with E-state index in [-0.39, 0.29) is 18.9 Å². The van der Waals surface area contributed by atoms with Crippen molar-refractivity contribution < 1.29 is 14.6 Å². The van der Waals surface area contributed by atoms with Crippen molar-refractivity contribution in [3.63, 3.8) is 0 Å². The average Bonchev–Trinajstić information content (AvgIpc) is 3.32. The van der Waals surface area contributed by atoms with Crippen LogP contribution in [0.15, 0.2) is 6.33 Å². The van der Waals surface area contributed by atoms with E-state index in [0.29, 0.717) is 11.3 Å². The van der Waals surface area contributed by atoms with Crippen LogP contribution in [-0.4, -0.2) is 88.7 Å². The van der Waals surface area contributed by atoms with Crippen LogP contribution in [0.5, 0.6) is 0 Å². The molecule has 2 saturated heterocycles. The number of rotatable bonds is 7. The highest BCUT2D eigenvalue weighted by atomic mass is 16.5. The third-order valence-corrected chi connectivity index (χ3v) is 5.11. The molecule has 2 aromatic rings. The van der Waals surface area contributed by atoms with Gasteiger partial charge in [-0.1, -0.05) is 0 Å². The van der Waals surface area contributed by atoms with Gasteiger partial charge in [0.2, 0.25) is 5.95 Å². The zero-order valence-electron chi connectivity index (χ0n) is 15.6. The van der Waals surface area contributed by atoms with Crippen LogP contribution in [0, 0.1) is 0 Å². The molecule has 2 aromatic heterocycles. The average molecular weight is 377 g/mol. The van der Waals surface area contributed by atoms with E-state index in [1.54, 1.807) is 0 Å². The van der Waals surface area contributed by atoms with Crippen LogP contribution >= 0.6 is 0 Å². The Balaban J connectivity index is 1.57. The molecular weight excluding hydrogens is 350 g/mol. The molecule has 4 heterocycles. The fourth-order valence-corrected chi connectivity index (χ4v) is 3.65. The van der Waals surface area contributed by atoms with Crippen molar-refractivity contribution in [2.75, 3.05) is 63.7 Å². The number of ether oxygens (including phenoxy) is 2. The first-order valence-corrected chi connectivity index (χ1v) is 9.51. The fourth-order valence-electron chi connectivity index (χ4n) is 3.65. The summed E-state index contributed by atoms with van der Waals surface area (Å²) in [5.41, 5.74) is 1.44. The van der Waals surface area contributed by atoms with E-state index in [0.717, 1.165) is 63.8 Å². The van der Waals surface area contributed by atoms with Gasteiger partial charge in [0.15, 0.2) is 17.0 Å². The Hall–Kier alpha value is -2.01. The van der Waals surface area contributed by atoms with Crippen molar-refractivity contribution in [3.8, 4) is 0 Å². The van der Waals surface area contributed by atoms with Crippen LogP contribution in [0.2, 0.25) is 0 Å². The summed E-state index contributed by atoms with van der Waals surface area (Å²) in [5, 5.41) is 15.9. The number of anilines is 2. The second-order valence-corrected chi connectivity index (χ2v) is 6.80.